The summed E-state index contributed by atoms with van der Waals surface area (Å²) >= 11 is 0. The Balaban J connectivity index is 1.65. The van der Waals surface area contributed by atoms with Crippen molar-refractivity contribution in [1.29, 1.82) is 0 Å². The van der Waals surface area contributed by atoms with Gasteiger partial charge in [0.15, 0.2) is 11.3 Å². The predicted molar refractivity (Wildman–Crippen MR) is 103 cm³/mol. The third kappa shape index (κ3) is 3.32. The summed E-state index contributed by atoms with van der Waals surface area (Å²) in [4.78, 5) is 42.5. The van der Waals surface area contributed by atoms with Gasteiger partial charge in [0, 0.05) is 34.6 Å². The van der Waals surface area contributed by atoms with Gasteiger partial charge in [0.25, 0.3) is 0 Å². The van der Waals surface area contributed by atoms with E-state index in [1.54, 1.807) is 18.5 Å². The molecule has 0 atom stereocenters. The number of rotatable bonds is 5. The Labute approximate surface area is 163 Å². The third-order valence-electron chi connectivity index (χ3n) is 4.30. The SMILES string of the molecule is NC(=O)c1ccc(NC2=C(C(=O)O)C(=O)/C(=C/c3c[nH]c4ncccc34)O2)cc1. The van der Waals surface area contributed by atoms with Crippen LogP contribution in [0.25, 0.3) is 17.1 Å². The minimum Gasteiger partial charge on any atom is -0.477 e. The summed E-state index contributed by atoms with van der Waals surface area (Å²) < 4.78 is 5.52. The molecule has 1 aromatic carbocycles. The van der Waals surface area contributed by atoms with Crippen molar-refractivity contribution in [3.05, 3.63) is 77.1 Å². The van der Waals surface area contributed by atoms with Crippen LogP contribution in [0.5, 0.6) is 0 Å². The maximum Gasteiger partial charge on any atom is 0.345 e. The van der Waals surface area contributed by atoms with Gasteiger partial charge < -0.3 is 25.9 Å². The second-order valence-electron chi connectivity index (χ2n) is 6.16. The topological polar surface area (TPSA) is 147 Å². The first kappa shape index (κ1) is 18.0. The molecule has 0 aliphatic carbocycles. The molecule has 1 aliphatic rings. The van der Waals surface area contributed by atoms with E-state index < -0.39 is 23.2 Å². The fourth-order valence-electron chi connectivity index (χ4n) is 2.90. The number of hydrogen-bond donors (Lipinski definition) is 4. The van der Waals surface area contributed by atoms with Gasteiger partial charge in [-0.3, -0.25) is 9.59 Å². The number of primary amides is 1. The van der Waals surface area contributed by atoms with E-state index in [0.717, 1.165) is 5.39 Å². The van der Waals surface area contributed by atoms with Crippen molar-refractivity contribution in [2.75, 3.05) is 5.32 Å². The molecule has 29 heavy (non-hydrogen) atoms. The first-order valence-electron chi connectivity index (χ1n) is 8.45. The minimum atomic E-state index is -1.42. The van der Waals surface area contributed by atoms with E-state index in [4.69, 9.17) is 10.5 Å². The van der Waals surface area contributed by atoms with E-state index in [-0.39, 0.29) is 11.6 Å². The Hall–Kier alpha value is -4.40. The van der Waals surface area contributed by atoms with E-state index in [0.29, 0.717) is 22.5 Å². The molecule has 1 aliphatic heterocycles. The maximum absolute atomic E-state index is 12.6. The zero-order valence-corrected chi connectivity index (χ0v) is 14.8. The van der Waals surface area contributed by atoms with Gasteiger partial charge in [0.1, 0.15) is 5.65 Å². The van der Waals surface area contributed by atoms with Crippen LogP contribution in [-0.2, 0) is 14.3 Å². The van der Waals surface area contributed by atoms with Crippen molar-refractivity contribution in [3.63, 3.8) is 0 Å². The molecular weight excluding hydrogens is 376 g/mol. The van der Waals surface area contributed by atoms with Gasteiger partial charge in [0.2, 0.25) is 17.6 Å². The summed E-state index contributed by atoms with van der Waals surface area (Å²) in [7, 11) is 0. The smallest absolute Gasteiger partial charge is 0.345 e. The number of nitrogens with zero attached hydrogens (tertiary/aromatic N) is 1. The monoisotopic (exact) mass is 390 g/mol. The highest BCUT2D eigenvalue weighted by atomic mass is 16.5. The molecule has 2 aromatic heterocycles. The number of anilines is 1. The molecule has 5 N–H and O–H groups in total. The van der Waals surface area contributed by atoms with Crippen LogP contribution in [0, 0.1) is 0 Å². The molecule has 0 saturated carbocycles. The second-order valence-corrected chi connectivity index (χ2v) is 6.16. The van der Waals surface area contributed by atoms with Crippen molar-refractivity contribution in [2.45, 2.75) is 0 Å². The number of pyridine rings is 1. The molecule has 9 nitrogen and oxygen atoms in total. The molecule has 3 heterocycles. The molecule has 3 aromatic rings. The van der Waals surface area contributed by atoms with Crippen molar-refractivity contribution in [3.8, 4) is 0 Å². The number of ketones is 1. The molecule has 9 heteroatoms. The number of H-pyrrole nitrogens is 1. The Kier molecular flexibility index (Phi) is 4.32. The van der Waals surface area contributed by atoms with Crippen molar-refractivity contribution < 1.29 is 24.2 Å². The Morgan fingerprint density at radius 3 is 2.66 bits per heavy atom. The third-order valence-corrected chi connectivity index (χ3v) is 4.30. The summed E-state index contributed by atoms with van der Waals surface area (Å²) in [6.07, 6.45) is 4.73. The van der Waals surface area contributed by atoms with Crippen LogP contribution < -0.4 is 11.1 Å². The van der Waals surface area contributed by atoms with Crippen molar-refractivity contribution >= 4 is 40.5 Å². The maximum atomic E-state index is 12.6. The van der Waals surface area contributed by atoms with Gasteiger partial charge >= 0.3 is 5.97 Å². The van der Waals surface area contributed by atoms with E-state index in [1.165, 1.54) is 30.3 Å². The van der Waals surface area contributed by atoms with Crippen LogP contribution in [0.4, 0.5) is 5.69 Å². The van der Waals surface area contributed by atoms with Gasteiger partial charge in [-0.1, -0.05) is 0 Å². The summed E-state index contributed by atoms with van der Waals surface area (Å²) in [5, 5.41) is 13.0. The zero-order valence-electron chi connectivity index (χ0n) is 14.8. The molecule has 144 valence electrons. The second kappa shape index (κ2) is 6.97. The number of fused-ring (bicyclic) bond motifs is 1. The Morgan fingerprint density at radius 2 is 1.97 bits per heavy atom. The number of carbonyl (C=O) groups is 3. The molecular formula is C20H14N4O5. The van der Waals surface area contributed by atoms with Crippen LogP contribution >= 0.6 is 0 Å². The minimum absolute atomic E-state index is 0.136. The molecule has 4 rings (SSSR count). The highest BCUT2D eigenvalue weighted by Gasteiger charge is 2.36. The summed E-state index contributed by atoms with van der Waals surface area (Å²) in [6.45, 7) is 0. The number of aromatic amines is 1. The summed E-state index contributed by atoms with van der Waals surface area (Å²) in [5.41, 5.74) is 6.66. The number of Topliss-reactive ketones (excluding diaryl/α,β-unsaturated/α-hetero) is 1. The molecule has 0 saturated heterocycles. The highest BCUT2D eigenvalue weighted by Crippen LogP contribution is 2.29. The number of ether oxygens (including phenoxy) is 1. The van der Waals surface area contributed by atoms with Crippen LogP contribution in [0.3, 0.4) is 0 Å². The number of aliphatic carboxylic acids is 1. The number of aromatic nitrogens is 2. The number of hydrogen-bond acceptors (Lipinski definition) is 6. The lowest BCUT2D eigenvalue weighted by Crippen LogP contribution is -2.12. The predicted octanol–water partition coefficient (Wildman–Crippen LogP) is 2.01. The molecule has 0 bridgehead atoms. The first-order valence-corrected chi connectivity index (χ1v) is 8.45. The normalized spacial score (nSPS) is 15.0. The number of carbonyl (C=O) groups excluding carboxylic acids is 2. The van der Waals surface area contributed by atoms with E-state index in [1.807, 2.05) is 6.07 Å². The fourth-order valence-corrected chi connectivity index (χ4v) is 2.90. The lowest BCUT2D eigenvalue weighted by molar-refractivity contribution is -0.134. The summed E-state index contributed by atoms with van der Waals surface area (Å²) in [5.74, 6) is -3.11. The molecule has 0 fully saturated rings. The number of amides is 1. The number of carboxylic acid groups (broad SMARTS) is 1. The number of nitrogens with two attached hydrogens (primary N) is 1. The Morgan fingerprint density at radius 1 is 1.21 bits per heavy atom. The number of benzene rings is 1. The van der Waals surface area contributed by atoms with Gasteiger partial charge in [0.05, 0.1) is 0 Å². The Bertz CT molecular complexity index is 1220. The van der Waals surface area contributed by atoms with Gasteiger partial charge in [-0.15, -0.1) is 0 Å². The van der Waals surface area contributed by atoms with Crippen LogP contribution in [-0.4, -0.2) is 32.7 Å². The molecule has 1 amide bonds. The largest absolute Gasteiger partial charge is 0.477 e. The van der Waals surface area contributed by atoms with Crippen LogP contribution in [0.2, 0.25) is 0 Å². The van der Waals surface area contributed by atoms with Gasteiger partial charge in [-0.05, 0) is 42.5 Å². The summed E-state index contributed by atoms with van der Waals surface area (Å²) in [6, 6.07) is 9.55. The number of carboxylic acids is 1. The lowest BCUT2D eigenvalue weighted by Gasteiger charge is -2.08. The lowest BCUT2D eigenvalue weighted by atomic mass is 10.1. The number of allylic oxidation sites excluding steroid dienone is 1. The first-order chi connectivity index (χ1) is 13.9. The van der Waals surface area contributed by atoms with Crippen LogP contribution in [0.1, 0.15) is 15.9 Å². The van der Waals surface area contributed by atoms with E-state index >= 15 is 0 Å². The zero-order chi connectivity index (χ0) is 20.5. The standard InChI is InChI=1S/C20H14N4O5/c21-17(26)10-3-5-12(6-4-10)24-19-15(20(27)28)16(25)14(29-19)8-11-9-23-18-13(11)2-1-7-22-18/h1-9,24H,(H2,21,26)(H,22,23)(H,27,28)/b14-8-. The number of nitrogens with one attached hydrogen (secondary N) is 2. The molecule has 0 unspecified atom stereocenters. The fraction of sp³-hybridized carbons (Fsp3) is 0. The van der Waals surface area contributed by atoms with Crippen molar-refractivity contribution in [2.24, 2.45) is 5.73 Å². The molecule has 0 spiro atoms. The molecule has 0 radical (unpaired) electrons. The average Bonchev–Trinajstić information content (AvgIpc) is 3.24. The van der Waals surface area contributed by atoms with E-state index in [9.17, 15) is 19.5 Å². The van der Waals surface area contributed by atoms with Crippen LogP contribution in [0.15, 0.2) is 66.0 Å². The highest BCUT2D eigenvalue weighted by molar-refractivity contribution is 6.26. The van der Waals surface area contributed by atoms with E-state index in [2.05, 4.69) is 15.3 Å². The van der Waals surface area contributed by atoms with Gasteiger partial charge in [-0.2, -0.15) is 0 Å². The van der Waals surface area contributed by atoms with Crippen molar-refractivity contribution in [1.82, 2.24) is 9.97 Å². The average molecular weight is 390 g/mol. The van der Waals surface area contributed by atoms with Gasteiger partial charge in [-0.25, -0.2) is 9.78 Å². The quantitative estimate of drug-likeness (QED) is 0.385.